The zero-order chi connectivity index (χ0) is 12.3. The van der Waals surface area contributed by atoms with Crippen molar-refractivity contribution in [2.75, 3.05) is 0 Å². The molecule has 1 aliphatic rings. The molecule has 0 amide bonds. The van der Waals surface area contributed by atoms with Crippen molar-refractivity contribution in [1.29, 1.82) is 0 Å². The van der Waals surface area contributed by atoms with Gasteiger partial charge < -0.3 is 10.5 Å². The minimum atomic E-state index is 0.0343. The van der Waals surface area contributed by atoms with E-state index in [1.807, 2.05) is 25.3 Å². The molecule has 0 radical (unpaired) electrons. The molecular weight excluding hydrogens is 212 g/mol. The van der Waals surface area contributed by atoms with Crippen molar-refractivity contribution in [2.24, 2.45) is 11.7 Å². The number of nitrogens with zero attached hydrogens (tertiary/aromatic N) is 1. The van der Waals surface area contributed by atoms with E-state index in [0.717, 1.165) is 30.2 Å². The summed E-state index contributed by atoms with van der Waals surface area (Å²) in [4.78, 5) is 4.31. The van der Waals surface area contributed by atoms with Crippen molar-refractivity contribution in [1.82, 2.24) is 4.98 Å². The van der Waals surface area contributed by atoms with Gasteiger partial charge in [0.1, 0.15) is 6.10 Å². The van der Waals surface area contributed by atoms with Gasteiger partial charge in [0.15, 0.2) is 0 Å². The Morgan fingerprint density at radius 2 is 2.00 bits per heavy atom. The topological polar surface area (TPSA) is 48.1 Å². The van der Waals surface area contributed by atoms with E-state index in [4.69, 9.17) is 10.5 Å². The first-order valence-electron chi connectivity index (χ1n) is 6.53. The zero-order valence-corrected chi connectivity index (χ0v) is 10.7. The van der Waals surface area contributed by atoms with E-state index in [9.17, 15) is 0 Å². The molecule has 0 saturated heterocycles. The Morgan fingerprint density at radius 1 is 1.29 bits per heavy atom. The molecule has 94 valence electrons. The van der Waals surface area contributed by atoms with E-state index < -0.39 is 0 Å². The lowest BCUT2D eigenvalue weighted by atomic mass is 9.89. The first kappa shape index (κ1) is 12.4. The summed E-state index contributed by atoms with van der Waals surface area (Å²) in [6, 6.07) is 3.96. The van der Waals surface area contributed by atoms with Gasteiger partial charge in [-0.1, -0.05) is 13.0 Å². The Kier molecular flexibility index (Phi) is 4.00. The van der Waals surface area contributed by atoms with Gasteiger partial charge in [-0.15, -0.1) is 0 Å². The van der Waals surface area contributed by atoms with Crippen LogP contribution >= 0.6 is 0 Å². The third-order valence-corrected chi connectivity index (χ3v) is 3.54. The van der Waals surface area contributed by atoms with Crippen LogP contribution in [-0.4, -0.2) is 11.1 Å². The van der Waals surface area contributed by atoms with Crippen LogP contribution in [0, 0.1) is 5.92 Å². The van der Waals surface area contributed by atoms with E-state index in [2.05, 4.69) is 11.9 Å². The standard InChI is InChI=1S/C14H22N2O/c1-10-3-6-13(7-4-10)17-14-8-5-12(9-16-14)11(2)15/h5,8-11,13H,3-4,6-7,15H2,1-2H3. The largest absolute Gasteiger partial charge is 0.474 e. The third-order valence-electron chi connectivity index (χ3n) is 3.54. The second-order valence-corrected chi connectivity index (χ2v) is 5.22. The number of pyridine rings is 1. The summed E-state index contributed by atoms with van der Waals surface area (Å²) in [5, 5.41) is 0. The number of hydrogen-bond donors (Lipinski definition) is 1. The van der Waals surface area contributed by atoms with Gasteiger partial charge in [0.25, 0.3) is 0 Å². The molecule has 0 aromatic carbocycles. The van der Waals surface area contributed by atoms with Crippen molar-refractivity contribution >= 4 is 0 Å². The molecule has 0 aliphatic heterocycles. The maximum absolute atomic E-state index is 5.89. The van der Waals surface area contributed by atoms with Crippen molar-refractivity contribution in [3.05, 3.63) is 23.9 Å². The highest BCUT2D eigenvalue weighted by Crippen LogP contribution is 2.26. The van der Waals surface area contributed by atoms with Crippen LogP contribution in [0.4, 0.5) is 0 Å². The van der Waals surface area contributed by atoms with Gasteiger partial charge in [-0.2, -0.15) is 0 Å². The van der Waals surface area contributed by atoms with Crippen molar-refractivity contribution < 1.29 is 4.74 Å². The Morgan fingerprint density at radius 3 is 2.53 bits per heavy atom. The van der Waals surface area contributed by atoms with Crippen LogP contribution in [0.25, 0.3) is 0 Å². The lowest BCUT2D eigenvalue weighted by molar-refractivity contribution is 0.130. The van der Waals surface area contributed by atoms with Crippen molar-refractivity contribution in [3.63, 3.8) is 0 Å². The Labute approximate surface area is 103 Å². The molecule has 1 aromatic rings. The second kappa shape index (κ2) is 5.50. The molecule has 1 fully saturated rings. The molecule has 17 heavy (non-hydrogen) atoms. The quantitative estimate of drug-likeness (QED) is 0.874. The fraction of sp³-hybridized carbons (Fsp3) is 0.643. The van der Waals surface area contributed by atoms with Gasteiger partial charge in [-0.05, 0) is 44.1 Å². The molecule has 1 atom stereocenters. The third kappa shape index (κ3) is 3.43. The lowest BCUT2D eigenvalue weighted by Gasteiger charge is -2.26. The Hall–Kier alpha value is -1.09. The summed E-state index contributed by atoms with van der Waals surface area (Å²) in [6.07, 6.45) is 6.99. The van der Waals surface area contributed by atoms with Crippen LogP contribution in [-0.2, 0) is 0 Å². The number of aromatic nitrogens is 1. The van der Waals surface area contributed by atoms with Gasteiger partial charge in [0.2, 0.25) is 5.88 Å². The summed E-state index contributed by atoms with van der Waals surface area (Å²) >= 11 is 0. The molecular formula is C14H22N2O. The zero-order valence-electron chi connectivity index (χ0n) is 10.7. The number of rotatable bonds is 3. The van der Waals surface area contributed by atoms with Crippen LogP contribution in [0.3, 0.4) is 0 Å². The highest BCUT2D eigenvalue weighted by molar-refractivity contribution is 5.20. The van der Waals surface area contributed by atoms with E-state index in [1.54, 1.807) is 0 Å². The monoisotopic (exact) mass is 234 g/mol. The van der Waals surface area contributed by atoms with E-state index >= 15 is 0 Å². The molecule has 0 spiro atoms. The molecule has 2 rings (SSSR count). The highest BCUT2D eigenvalue weighted by atomic mass is 16.5. The smallest absolute Gasteiger partial charge is 0.213 e. The predicted octanol–water partition coefficient (Wildman–Crippen LogP) is 3.06. The van der Waals surface area contributed by atoms with Crippen LogP contribution in [0.15, 0.2) is 18.3 Å². The second-order valence-electron chi connectivity index (χ2n) is 5.22. The van der Waals surface area contributed by atoms with Gasteiger partial charge in [-0.3, -0.25) is 0 Å². The summed E-state index contributed by atoms with van der Waals surface area (Å²) in [5.41, 5.74) is 6.83. The normalized spacial score (nSPS) is 26.5. The fourth-order valence-corrected chi connectivity index (χ4v) is 2.25. The average Bonchev–Trinajstić information content (AvgIpc) is 2.33. The van der Waals surface area contributed by atoms with Crippen LogP contribution in [0.5, 0.6) is 5.88 Å². The molecule has 1 unspecified atom stereocenters. The Balaban J connectivity index is 1.90. The number of hydrogen-bond acceptors (Lipinski definition) is 3. The maximum Gasteiger partial charge on any atom is 0.213 e. The molecule has 3 nitrogen and oxygen atoms in total. The van der Waals surface area contributed by atoms with Gasteiger partial charge in [0, 0.05) is 18.3 Å². The van der Waals surface area contributed by atoms with E-state index in [0.29, 0.717) is 6.10 Å². The molecule has 0 bridgehead atoms. The summed E-state index contributed by atoms with van der Waals surface area (Å²) < 4.78 is 5.89. The van der Waals surface area contributed by atoms with Gasteiger partial charge in [0.05, 0.1) is 0 Å². The van der Waals surface area contributed by atoms with Crippen LogP contribution < -0.4 is 10.5 Å². The highest BCUT2D eigenvalue weighted by Gasteiger charge is 2.19. The van der Waals surface area contributed by atoms with Crippen molar-refractivity contribution in [3.8, 4) is 5.88 Å². The van der Waals surface area contributed by atoms with Crippen LogP contribution in [0.1, 0.15) is 51.1 Å². The summed E-state index contributed by atoms with van der Waals surface area (Å²) in [6.45, 7) is 4.27. The summed E-state index contributed by atoms with van der Waals surface area (Å²) in [7, 11) is 0. The molecule has 1 aromatic heterocycles. The minimum absolute atomic E-state index is 0.0343. The average molecular weight is 234 g/mol. The molecule has 1 aliphatic carbocycles. The lowest BCUT2D eigenvalue weighted by Crippen LogP contribution is -2.23. The van der Waals surface area contributed by atoms with E-state index in [1.165, 1.54) is 12.8 Å². The van der Waals surface area contributed by atoms with Crippen molar-refractivity contribution in [2.45, 2.75) is 51.7 Å². The van der Waals surface area contributed by atoms with Crippen LogP contribution in [0.2, 0.25) is 0 Å². The SMILES string of the molecule is CC1CCC(Oc2ccc(C(C)N)cn2)CC1. The fourth-order valence-electron chi connectivity index (χ4n) is 2.25. The van der Waals surface area contributed by atoms with Gasteiger partial charge in [-0.25, -0.2) is 4.98 Å². The Bertz CT molecular complexity index is 340. The molecule has 1 saturated carbocycles. The predicted molar refractivity (Wildman–Crippen MR) is 68.9 cm³/mol. The number of nitrogens with two attached hydrogens (primary N) is 1. The minimum Gasteiger partial charge on any atom is -0.474 e. The molecule has 3 heteroatoms. The first-order valence-corrected chi connectivity index (χ1v) is 6.53. The maximum atomic E-state index is 5.89. The summed E-state index contributed by atoms with van der Waals surface area (Å²) in [5.74, 6) is 1.58. The number of ether oxygens (including phenoxy) is 1. The molecule has 1 heterocycles. The van der Waals surface area contributed by atoms with Gasteiger partial charge >= 0.3 is 0 Å². The first-order chi connectivity index (χ1) is 8.15. The molecule has 2 N–H and O–H groups in total. The van der Waals surface area contributed by atoms with E-state index in [-0.39, 0.29) is 6.04 Å².